The van der Waals surface area contributed by atoms with Crippen LogP contribution in [0.5, 0.6) is 0 Å². The van der Waals surface area contributed by atoms with Crippen LogP contribution in [0.1, 0.15) is 11.7 Å². The lowest BCUT2D eigenvalue weighted by atomic mass is 10.1. The molecule has 0 radical (unpaired) electrons. The van der Waals surface area contributed by atoms with Crippen LogP contribution in [0.25, 0.3) is 0 Å². The van der Waals surface area contributed by atoms with E-state index in [-0.39, 0.29) is 12.0 Å². The number of carbonyl (C=O) groups is 2. The van der Waals surface area contributed by atoms with Gasteiger partial charge in [-0.3, -0.25) is 9.63 Å². The van der Waals surface area contributed by atoms with Crippen molar-refractivity contribution in [2.45, 2.75) is 6.10 Å². The highest BCUT2D eigenvalue weighted by Gasteiger charge is 2.26. The third-order valence-corrected chi connectivity index (χ3v) is 1.67. The number of rotatable bonds is 5. The van der Waals surface area contributed by atoms with E-state index in [0.29, 0.717) is 0 Å². The fraction of sp³-hybridized carbons (Fsp3) is 0.111. The molecular weight excluding hydrogens is 218 g/mol. The molecule has 0 heterocycles. The highest BCUT2D eigenvalue weighted by Crippen LogP contribution is 2.18. The maximum absolute atomic E-state index is 11.2. The van der Waals surface area contributed by atoms with Gasteiger partial charge in [-0.1, -0.05) is 30.3 Å². The summed E-state index contributed by atoms with van der Waals surface area (Å²) < 4.78 is 4.01. The lowest BCUT2D eigenvalue weighted by Crippen LogP contribution is -2.21. The first-order valence-electron chi connectivity index (χ1n) is 4.15. The standard InChI is InChI=1S/C9H7NO6/c11-6-15-9(12)8(16-10(13)14)7-4-2-1-3-5-7/h1-6,8H. The van der Waals surface area contributed by atoms with Crippen molar-refractivity contribution >= 4 is 12.4 Å². The molecule has 16 heavy (non-hydrogen) atoms. The Kier molecular flexibility index (Phi) is 3.96. The molecule has 1 rings (SSSR count). The topological polar surface area (TPSA) is 95.7 Å². The zero-order valence-electron chi connectivity index (χ0n) is 7.94. The number of ether oxygens (including phenoxy) is 1. The van der Waals surface area contributed by atoms with Crippen LogP contribution in [-0.2, 0) is 19.2 Å². The Balaban J connectivity index is 2.91. The summed E-state index contributed by atoms with van der Waals surface area (Å²) in [5.74, 6) is -1.14. The Morgan fingerprint density at radius 1 is 1.38 bits per heavy atom. The van der Waals surface area contributed by atoms with Crippen LogP contribution < -0.4 is 0 Å². The molecule has 7 nitrogen and oxygen atoms in total. The molecule has 0 fully saturated rings. The Bertz CT molecular complexity index is 390. The predicted molar refractivity (Wildman–Crippen MR) is 49.4 cm³/mol. The van der Waals surface area contributed by atoms with Gasteiger partial charge >= 0.3 is 12.4 Å². The van der Waals surface area contributed by atoms with Crippen LogP contribution in [0.15, 0.2) is 30.3 Å². The molecule has 0 aliphatic rings. The lowest BCUT2D eigenvalue weighted by Gasteiger charge is -2.11. The number of hydrogen-bond donors (Lipinski definition) is 0. The van der Waals surface area contributed by atoms with Gasteiger partial charge in [-0.15, -0.1) is 10.1 Å². The van der Waals surface area contributed by atoms with Crippen molar-refractivity contribution in [2.24, 2.45) is 0 Å². The first-order chi connectivity index (χ1) is 7.65. The fourth-order valence-corrected chi connectivity index (χ4v) is 1.06. The third-order valence-electron chi connectivity index (χ3n) is 1.67. The van der Waals surface area contributed by atoms with E-state index in [0.717, 1.165) is 0 Å². The number of benzene rings is 1. The van der Waals surface area contributed by atoms with Gasteiger partial charge in [0.15, 0.2) is 0 Å². The zero-order valence-corrected chi connectivity index (χ0v) is 7.94. The van der Waals surface area contributed by atoms with Crippen LogP contribution in [0, 0.1) is 10.1 Å². The van der Waals surface area contributed by atoms with Crippen LogP contribution in [-0.4, -0.2) is 17.5 Å². The maximum Gasteiger partial charge on any atom is 0.347 e. The van der Waals surface area contributed by atoms with Crippen molar-refractivity contribution in [3.8, 4) is 0 Å². The summed E-state index contributed by atoms with van der Waals surface area (Å²) in [5.41, 5.74) is 0.228. The molecule has 0 aromatic heterocycles. The van der Waals surface area contributed by atoms with Crippen molar-refractivity contribution in [1.82, 2.24) is 0 Å². The van der Waals surface area contributed by atoms with Crippen LogP contribution in [0.2, 0.25) is 0 Å². The van der Waals surface area contributed by atoms with Gasteiger partial charge in [-0.2, -0.15) is 0 Å². The molecule has 1 aromatic carbocycles. The number of esters is 1. The van der Waals surface area contributed by atoms with Gasteiger partial charge in [0.2, 0.25) is 6.10 Å². The maximum atomic E-state index is 11.2. The van der Waals surface area contributed by atoms with Gasteiger partial charge in [0.05, 0.1) is 0 Å². The summed E-state index contributed by atoms with van der Waals surface area (Å²) in [5, 5.41) is 9.06. The van der Waals surface area contributed by atoms with E-state index in [9.17, 15) is 19.7 Å². The molecule has 0 aliphatic carbocycles. The van der Waals surface area contributed by atoms with E-state index in [2.05, 4.69) is 9.57 Å². The highest BCUT2D eigenvalue weighted by molar-refractivity contribution is 5.81. The summed E-state index contributed by atoms with van der Waals surface area (Å²) in [4.78, 5) is 35.5. The third kappa shape index (κ3) is 3.05. The van der Waals surface area contributed by atoms with Crippen LogP contribution >= 0.6 is 0 Å². The Hall–Kier alpha value is -2.44. The van der Waals surface area contributed by atoms with Gasteiger partial charge in [0.25, 0.3) is 5.09 Å². The monoisotopic (exact) mass is 225 g/mol. The average molecular weight is 225 g/mol. The van der Waals surface area contributed by atoms with Gasteiger partial charge in [0.1, 0.15) is 0 Å². The Morgan fingerprint density at radius 3 is 2.50 bits per heavy atom. The molecule has 1 unspecified atom stereocenters. The van der Waals surface area contributed by atoms with Crippen LogP contribution in [0.4, 0.5) is 0 Å². The molecule has 0 bridgehead atoms. The fourth-order valence-electron chi connectivity index (χ4n) is 1.06. The largest absolute Gasteiger partial charge is 0.394 e. The average Bonchev–Trinajstić information content (AvgIpc) is 2.27. The zero-order chi connectivity index (χ0) is 12.0. The van der Waals surface area contributed by atoms with E-state index >= 15 is 0 Å². The Morgan fingerprint density at radius 2 is 2.00 bits per heavy atom. The van der Waals surface area contributed by atoms with Crippen molar-refractivity contribution < 1.29 is 24.3 Å². The molecule has 1 atom stereocenters. The molecule has 0 N–H and O–H groups in total. The number of hydrogen-bond acceptors (Lipinski definition) is 6. The van der Waals surface area contributed by atoms with Gasteiger partial charge < -0.3 is 4.74 Å². The van der Waals surface area contributed by atoms with Gasteiger partial charge in [0, 0.05) is 0 Å². The minimum atomic E-state index is -1.55. The first-order valence-corrected chi connectivity index (χ1v) is 4.15. The SMILES string of the molecule is O=COC(=O)C(O[N+](=O)[O-])c1ccccc1. The van der Waals surface area contributed by atoms with E-state index < -0.39 is 17.2 Å². The molecule has 0 amide bonds. The summed E-state index contributed by atoms with van der Waals surface area (Å²) in [6.45, 7) is -0.110. The molecule has 0 saturated heterocycles. The second-order valence-electron chi connectivity index (χ2n) is 2.65. The smallest absolute Gasteiger partial charge is 0.347 e. The van der Waals surface area contributed by atoms with Gasteiger partial charge in [-0.25, -0.2) is 4.79 Å². The highest BCUT2D eigenvalue weighted by atomic mass is 17.0. The molecule has 0 aliphatic heterocycles. The quantitative estimate of drug-likeness (QED) is 0.240. The van der Waals surface area contributed by atoms with E-state index in [1.807, 2.05) is 0 Å². The van der Waals surface area contributed by atoms with E-state index in [4.69, 9.17) is 0 Å². The normalized spacial score (nSPS) is 11.2. The summed E-state index contributed by atoms with van der Waals surface area (Å²) >= 11 is 0. The molecule has 1 aromatic rings. The molecule has 0 spiro atoms. The predicted octanol–water partition coefficient (Wildman–Crippen LogP) is 0.636. The second kappa shape index (κ2) is 5.44. The van der Waals surface area contributed by atoms with Crippen molar-refractivity contribution in [3.05, 3.63) is 46.0 Å². The van der Waals surface area contributed by atoms with E-state index in [1.54, 1.807) is 18.2 Å². The number of carbonyl (C=O) groups excluding carboxylic acids is 2. The molecule has 0 saturated carbocycles. The van der Waals surface area contributed by atoms with Crippen LogP contribution in [0.3, 0.4) is 0 Å². The van der Waals surface area contributed by atoms with Crippen molar-refractivity contribution in [3.63, 3.8) is 0 Å². The molecule has 84 valence electrons. The van der Waals surface area contributed by atoms with E-state index in [1.165, 1.54) is 12.1 Å². The Labute approximate surface area is 89.7 Å². The van der Waals surface area contributed by atoms with Crippen molar-refractivity contribution in [1.29, 1.82) is 0 Å². The lowest BCUT2D eigenvalue weighted by molar-refractivity contribution is -0.767. The summed E-state index contributed by atoms with van der Waals surface area (Å²) in [6.07, 6.45) is -1.55. The minimum absolute atomic E-state index is 0.110. The first kappa shape index (κ1) is 11.6. The second-order valence-corrected chi connectivity index (χ2v) is 2.65. The minimum Gasteiger partial charge on any atom is -0.394 e. The van der Waals surface area contributed by atoms with Crippen molar-refractivity contribution in [2.75, 3.05) is 0 Å². The van der Waals surface area contributed by atoms with Gasteiger partial charge in [-0.05, 0) is 5.56 Å². The molecular formula is C9H7NO6. The summed E-state index contributed by atoms with van der Waals surface area (Å²) in [7, 11) is 0. The summed E-state index contributed by atoms with van der Waals surface area (Å²) in [6, 6.07) is 7.69. The number of nitrogens with zero attached hydrogens (tertiary/aromatic N) is 1. The molecule has 7 heteroatoms.